The number of fused-ring (bicyclic) bond motifs is 1. The first-order chi connectivity index (χ1) is 13.6. The van der Waals surface area contributed by atoms with Gasteiger partial charge >= 0.3 is 0 Å². The third-order valence-electron chi connectivity index (χ3n) is 5.14. The quantitative estimate of drug-likeness (QED) is 0.573. The zero-order chi connectivity index (χ0) is 19.9. The highest BCUT2D eigenvalue weighted by Crippen LogP contribution is 2.29. The summed E-state index contributed by atoms with van der Waals surface area (Å²) in [5, 5.41) is 4.53. The molecule has 28 heavy (non-hydrogen) atoms. The number of benzene rings is 1. The fourth-order valence-corrected chi connectivity index (χ4v) is 4.44. The lowest BCUT2D eigenvalue weighted by atomic mass is 10.1. The number of nitrogens with one attached hydrogen (secondary N) is 2. The van der Waals surface area contributed by atoms with Crippen LogP contribution >= 0.6 is 11.8 Å². The molecule has 0 bridgehead atoms. The molecule has 2 aromatic rings. The van der Waals surface area contributed by atoms with Gasteiger partial charge in [-0.25, -0.2) is 4.98 Å². The van der Waals surface area contributed by atoms with E-state index in [0.29, 0.717) is 39.5 Å². The van der Waals surface area contributed by atoms with Gasteiger partial charge in [0.25, 0.3) is 5.56 Å². The monoisotopic (exact) mass is 405 g/mol. The van der Waals surface area contributed by atoms with E-state index >= 15 is 0 Å². The zero-order valence-electron chi connectivity index (χ0n) is 17.0. The van der Waals surface area contributed by atoms with Crippen molar-refractivity contribution in [3.8, 4) is 5.75 Å². The van der Waals surface area contributed by atoms with Gasteiger partial charge in [-0.1, -0.05) is 19.8 Å². The van der Waals surface area contributed by atoms with Crippen molar-refractivity contribution in [3.63, 3.8) is 0 Å². The molecule has 1 unspecified atom stereocenters. The van der Waals surface area contributed by atoms with Crippen molar-refractivity contribution < 1.29 is 9.47 Å². The van der Waals surface area contributed by atoms with Gasteiger partial charge in [0.2, 0.25) is 0 Å². The summed E-state index contributed by atoms with van der Waals surface area (Å²) in [5.74, 6) is 1.93. The molecule has 2 N–H and O–H groups in total. The molecule has 1 fully saturated rings. The minimum atomic E-state index is -0.146. The van der Waals surface area contributed by atoms with Gasteiger partial charge in [-0.05, 0) is 32.3 Å². The fraction of sp³-hybridized carbons (Fsp3) is 0.619. The van der Waals surface area contributed by atoms with Gasteiger partial charge in [0, 0.05) is 36.3 Å². The van der Waals surface area contributed by atoms with Crippen molar-refractivity contribution in [1.29, 1.82) is 0 Å². The van der Waals surface area contributed by atoms with Gasteiger partial charge in [0.15, 0.2) is 0 Å². The molecule has 1 aromatic carbocycles. The Labute approximate surface area is 170 Å². The van der Waals surface area contributed by atoms with Crippen molar-refractivity contribution in [1.82, 2.24) is 9.97 Å². The standard InChI is InChI=1S/C21H31N3O3S/c1-4-27-10-9-14(2)28-13-19-23-17-11-16(22-15-7-5-6-8-15)12-18(26-3)20(17)21(25)24-19/h11-12,14-15,22H,4-10,13H2,1-3H3,(H,23,24,25). The van der Waals surface area contributed by atoms with E-state index < -0.39 is 0 Å². The third kappa shape index (κ3) is 5.41. The van der Waals surface area contributed by atoms with Crippen LogP contribution in [0.4, 0.5) is 5.69 Å². The molecule has 0 aliphatic heterocycles. The van der Waals surface area contributed by atoms with E-state index in [1.807, 2.05) is 19.1 Å². The largest absolute Gasteiger partial charge is 0.496 e. The van der Waals surface area contributed by atoms with E-state index in [1.165, 1.54) is 25.7 Å². The summed E-state index contributed by atoms with van der Waals surface area (Å²) in [4.78, 5) is 20.3. The molecule has 3 rings (SSSR count). The van der Waals surface area contributed by atoms with Gasteiger partial charge in [-0.3, -0.25) is 4.79 Å². The summed E-state index contributed by atoms with van der Waals surface area (Å²) in [6.07, 6.45) is 5.89. The van der Waals surface area contributed by atoms with E-state index in [4.69, 9.17) is 14.5 Å². The Morgan fingerprint density at radius 3 is 2.86 bits per heavy atom. The van der Waals surface area contributed by atoms with Crippen LogP contribution in [0.3, 0.4) is 0 Å². The van der Waals surface area contributed by atoms with Crippen LogP contribution in [-0.2, 0) is 10.5 Å². The minimum Gasteiger partial charge on any atom is -0.496 e. The normalized spacial score (nSPS) is 15.8. The summed E-state index contributed by atoms with van der Waals surface area (Å²) in [6.45, 7) is 5.69. The molecule has 1 aromatic heterocycles. The number of aromatic nitrogens is 2. The lowest BCUT2D eigenvalue weighted by molar-refractivity contribution is 0.145. The maximum Gasteiger partial charge on any atom is 0.262 e. The highest BCUT2D eigenvalue weighted by atomic mass is 32.2. The van der Waals surface area contributed by atoms with Crippen LogP contribution in [0.15, 0.2) is 16.9 Å². The van der Waals surface area contributed by atoms with Crippen LogP contribution in [0.1, 0.15) is 51.8 Å². The van der Waals surface area contributed by atoms with Crippen molar-refractivity contribution in [3.05, 3.63) is 28.3 Å². The van der Waals surface area contributed by atoms with Crippen LogP contribution in [0.25, 0.3) is 10.9 Å². The van der Waals surface area contributed by atoms with Crippen LogP contribution in [0.5, 0.6) is 5.75 Å². The molecule has 7 heteroatoms. The van der Waals surface area contributed by atoms with E-state index in [9.17, 15) is 4.79 Å². The average Bonchev–Trinajstić information content (AvgIpc) is 3.18. The third-order valence-corrected chi connectivity index (χ3v) is 6.39. The highest BCUT2D eigenvalue weighted by molar-refractivity contribution is 7.99. The molecule has 1 atom stereocenters. The number of H-pyrrole nitrogens is 1. The number of hydrogen-bond acceptors (Lipinski definition) is 6. The first kappa shape index (κ1) is 21.0. The van der Waals surface area contributed by atoms with Gasteiger partial charge in [0.1, 0.15) is 17.0 Å². The van der Waals surface area contributed by atoms with Crippen LogP contribution < -0.4 is 15.6 Å². The first-order valence-corrected chi connectivity index (χ1v) is 11.2. The molecule has 0 amide bonds. The lowest BCUT2D eigenvalue weighted by Gasteiger charge is -2.16. The SMILES string of the molecule is CCOCCC(C)SCc1nc2cc(NC3CCCC3)cc(OC)c2c(=O)[nH]1. The molecule has 0 spiro atoms. The fourth-order valence-electron chi connectivity index (χ4n) is 3.60. The summed E-state index contributed by atoms with van der Waals surface area (Å²) in [7, 11) is 1.59. The minimum absolute atomic E-state index is 0.146. The second-order valence-corrected chi connectivity index (χ2v) is 8.74. The number of ether oxygens (including phenoxy) is 2. The van der Waals surface area contributed by atoms with Crippen molar-refractivity contribution >= 4 is 28.4 Å². The van der Waals surface area contributed by atoms with E-state index in [0.717, 1.165) is 25.3 Å². The zero-order valence-corrected chi connectivity index (χ0v) is 17.9. The summed E-state index contributed by atoms with van der Waals surface area (Å²) >= 11 is 1.78. The number of rotatable bonds is 10. The Kier molecular flexibility index (Phi) is 7.62. The Morgan fingerprint density at radius 2 is 2.14 bits per heavy atom. The second-order valence-electron chi connectivity index (χ2n) is 7.32. The lowest BCUT2D eigenvalue weighted by Crippen LogP contribution is -2.16. The van der Waals surface area contributed by atoms with Crippen molar-refractivity contribution in [2.24, 2.45) is 0 Å². The predicted molar refractivity (Wildman–Crippen MR) is 117 cm³/mol. The number of thioether (sulfide) groups is 1. The summed E-state index contributed by atoms with van der Waals surface area (Å²) in [6, 6.07) is 4.37. The second kappa shape index (κ2) is 10.2. The highest BCUT2D eigenvalue weighted by Gasteiger charge is 2.17. The van der Waals surface area contributed by atoms with Gasteiger partial charge in [-0.15, -0.1) is 0 Å². The van der Waals surface area contributed by atoms with E-state index in [2.05, 4.69) is 17.2 Å². The number of hydrogen-bond donors (Lipinski definition) is 2. The topological polar surface area (TPSA) is 76.2 Å². The Balaban J connectivity index is 1.78. The molecular weight excluding hydrogens is 374 g/mol. The number of methoxy groups -OCH3 is 1. The van der Waals surface area contributed by atoms with E-state index in [-0.39, 0.29) is 5.56 Å². The molecule has 1 aliphatic rings. The van der Waals surface area contributed by atoms with Crippen LogP contribution in [-0.4, -0.2) is 41.6 Å². The maximum atomic E-state index is 12.7. The first-order valence-electron chi connectivity index (χ1n) is 10.2. The number of anilines is 1. The number of nitrogens with zero attached hydrogens (tertiary/aromatic N) is 1. The summed E-state index contributed by atoms with van der Waals surface area (Å²) < 4.78 is 10.9. The van der Waals surface area contributed by atoms with E-state index in [1.54, 1.807) is 18.9 Å². The molecule has 1 saturated carbocycles. The molecule has 0 radical (unpaired) electrons. The Bertz CT molecular complexity index is 833. The molecule has 1 aliphatic carbocycles. The van der Waals surface area contributed by atoms with Gasteiger partial charge < -0.3 is 19.8 Å². The average molecular weight is 406 g/mol. The molecule has 1 heterocycles. The van der Waals surface area contributed by atoms with Gasteiger partial charge in [0.05, 0.1) is 18.4 Å². The maximum absolute atomic E-state index is 12.7. The van der Waals surface area contributed by atoms with Crippen LogP contribution in [0.2, 0.25) is 0 Å². The molecule has 154 valence electrons. The van der Waals surface area contributed by atoms with Crippen LogP contribution in [0, 0.1) is 0 Å². The Morgan fingerprint density at radius 1 is 1.36 bits per heavy atom. The molecule has 6 nitrogen and oxygen atoms in total. The number of aromatic amines is 1. The Hall–Kier alpha value is -1.73. The van der Waals surface area contributed by atoms with Gasteiger partial charge in [-0.2, -0.15) is 11.8 Å². The van der Waals surface area contributed by atoms with Crippen molar-refractivity contribution in [2.45, 2.75) is 63.0 Å². The smallest absolute Gasteiger partial charge is 0.262 e. The summed E-state index contributed by atoms with van der Waals surface area (Å²) in [5.41, 5.74) is 1.51. The predicted octanol–water partition coefficient (Wildman–Crippen LogP) is 4.33. The van der Waals surface area contributed by atoms with Crippen molar-refractivity contribution in [2.75, 3.05) is 25.6 Å². The molecular formula is C21H31N3O3S. The molecule has 0 saturated heterocycles.